The molecule has 0 radical (unpaired) electrons. The Morgan fingerprint density at radius 2 is 2.04 bits per heavy atom. The van der Waals surface area contributed by atoms with Crippen LogP contribution in [-0.4, -0.2) is 44.3 Å². The fourth-order valence-electron chi connectivity index (χ4n) is 2.68. The smallest absolute Gasteiger partial charge is 0.280 e. The van der Waals surface area contributed by atoms with Crippen LogP contribution in [0, 0.1) is 13.8 Å². The number of rotatable bonds is 3. The predicted octanol–water partition coefficient (Wildman–Crippen LogP) is 3.76. The summed E-state index contributed by atoms with van der Waals surface area (Å²) >= 11 is 1.55. The van der Waals surface area contributed by atoms with Gasteiger partial charge in [-0.25, -0.2) is 9.98 Å². The highest BCUT2D eigenvalue weighted by molar-refractivity contribution is 8.14. The lowest BCUT2D eigenvalue weighted by Crippen LogP contribution is -2.46. The van der Waals surface area contributed by atoms with Crippen LogP contribution < -0.4 is 4.74 Å². The van der Waals surface area contributed by atoms with Gasteiger partial charge in [0.15, 0.2) is 5.17 Å². The molecule has 0 unspecified atom stereocenters. The van der Waals surface area contributed by atoms with Gasteiger partial charge < -0.3 is 4.74 Å². The summed E-state index contributed by atoms with van der Waals surface area (Å²) in [5.41, 5.74) is 2.50. The zero-order valence-corrected chi connectivity index (χ0v) is 16.4. The lowest BCUT2D eigenvalue weighted by atomic mass is 10.1. The lowest BCUT2D eigenvalue weighted by molar-refractivity contribution is 0.0761. The zero-order chi connectivity index (χ0) is 18.9. The largest absolute Gasteiger partial charge is 0.494 e. The van der Waals surface area contributed by atoms with Gasteiger partial charge >= 0.3 is 0 Å². The molecule has 26 heavy (non-hydrogen) atoms. The normalized spacial score (nSPS) is 17.6. The van der Waals surface area contributed by atoms with Crippen molar-refractivity contribution in [3.63, 3.8) is 0 Å². The molecule has 0 saturated carbocycles. The number of aliphatic imine (C=N–C) groups is 1. The third kappa shape index (κ3) is 3.58. The molecule has 7 heteroatoms. The number of hydrogen-bond donors (Lipinski definition) is 0. The molecule has 1 aromatic carbocycles. The van der Waals surface area contributed by atoms with Crippen LogP contribution in [0.3, 0.4) is 0 Å². The van der Waals surface area contributed by atoms with Crippen LogP contribution in [0.1, 0.15) is 35.6 Å². The van der Waals surface area contributed by atoms with Crippen molar-refractivity contribution in [1.82, 2.24) is 14.9 Å². The van der Waals surface area contributed by atoms with Crippen LogP contribution in [0.2, 0.25) is 0 Å². The summed E-state index contributed by atoms with van der Waals surface area (Å²) < 4.78 is 5.41. The van der Waals surface area contributed by atoms with Crippen molar-refractivity contribution < 1.29 is 9.53 Å². The van der Waals surface area contributed by atoms with E-state index in [1.807, 2.05) is 45.9 Å². The van der Waals surface area contributed by atoms with Gasteiger partial charge in [-0.1, -0.05) is 17.8 Å². The Hall–Kier alpha value is -2.41. The Kier molecular flexibility index (Phi) is 5.00. The minimum Gasteiger partial charge on any atom is -0.494 e. The number of ether oxygens (including phenoxy) is 1. The SMILES string of the molecule is COc1ccc(C)cc1N=C1SCC(C)(C)N1C(=O)c1cnc(C)cn1. The molecule has 0 aliphatic carbocycles. The van der Waals surface area contributed by atoms with Crippen molar-refractivity contribution in [3.8, 4) is 5.75 Å². The second-order valence-electron chi connectivity index (χ2n) is 6.85. The molecule has 2 aromatic rings. The fourth-order valence-corrected chi connectivity index (χ4v) is 3.91. The minimum atomic E-state index is -0.371. The molecule has 1 aliphatic rings. The molecule has 1 aliphatic heterocycles. The average Bonchev–Trinajstić information content (AvgIpc) is 2.89. The van der Waals surface area contributed by atoms with Crippen LogP contribution >= 0.6 is 11.8 Å². The summed E-state index contributed by atoms with van der Waals surface area (Å²) in [5, 5.41) is 0.645. The molecule has 3 rings (SSSR count). The van der Waals surface area contributed by atoms with Crippen molar-refractivity contribution in [2.45, 2.75) is 33.2 Å². The van der Waals surface area contributed by atoms with Crippen LogP contribution in [0.15, 0.2) is 35.6 Å². The minimum absolute atomic E-state index is 0.196. The first-order valence-corrected chi connectivity index (χ1v) is 9.30. The molecule has 1 amide bonds. The number of hydrogen-bond acceptors (Lipinski definition) is 6. The van der Waals surface area contributed by atoms with E-state index in [1.165, 1.54) is 6.20 Å². The van der Waals surface area contributed by atoms with E-state index in [0.29, 0.717) is 22.3 Å². The number of carbonyl (C=O) groups is 1. The average molecular weight is 370 g/mol. The second kappa shape index (κ2) is 7.07. The summed E-state index contributed by atoms with van der Waals surface area (Å²) in [5.74, 6) is 1.24. The fraction of sp³-hybridized carbons (Fsp3) is 0.368. The van der Waals surface area contributed by atoms with Gasteiger partial charge in [0.05, 0.1) is 24.5 Å². The Morgan fingerprint density at radius 1 is 1.27 bits per heavy atom. The van der Waals surface area contributed by atoms with Gasteiger partial charge in [0, 0.05) is 11.9 Å². The van der Waals surface area contributed by atoms with Gasteiger partial charge in [-0.05, 0) is 45.4 Å². The van der Waals surface area contributed by atoms with E-state index in [9.17, 15) is 4.79 Å². The van der Waals surface area contributed by atoms with E-state index >= 15 is 0 Å². The number of nitrogens with zero attached hydrogens (tertiary/aromatic N) is 4. The number of benzene rings is 1. The number of amides is 1. The van der Waals surface area contributed by atoms with Crippen LogP contribution in [0.5, 0.6) is 5.75 Å². The third-order valence-electron chi connectivity index (χ3n) is 4.10. The molecule has 2 heterocycles. The summed E-state index contributed by atoms with van der Waals surface area (Å²) in [6, 6.07) is 5.81. The molecule has 1 aromatic heterocycles. The highest BCUT2D eigenvalue weighted by Crippen LogP contribution is 2.37. The van der Waals surface area contributed by atoms with Crippen molar-refractivity contribution in [2.75, 3.05) is 12.9 Å². The maximum atomic E-state index is 13.1. The van der Waals surface area contributed by atoms with Crippen molar-refractivity contribution >= 4 is 28.5 Å². The summed E-state index contributed by atoms with van der Waals surface area (Å²) in [7, 11) is 1.62. The van der Waals surface area contributed by atoms with Crippen LogP contribution in [0.4, 0.5) is 5.69 Å². The third-order valence-corrected chi connectivity index (χ3v) is 5.49. The maximum Gasteiger partial charge on any atom is 0.280 e. The molecule has 1 saturated heterocycles. The Bertz CT molecular complexity index is 862. The lowest BCUT2D eigenvalue weighted by Gasteiger charge is -2.30. The number of methoxy groups -OCH3 is 1. The molecule has 0 bridgehead atoms. The molecule has 136 valence electrons. The number of carbonyl (C=O) groups excluding carboxylic acids is 1. The first kappa shape index (κ1) is 18.4. The Labute approximate surface area is 157 Å². The predicted molar refractivity (Wildman–Crippen MR) is 104 cm³/mol. The number of aromatic nitrogens is 2. The van der Waals surface area contributed by atoms with Crippen molar-refractivity contribution in [2.24, 2.45) is 4.99 Å². The van der Waals surface area contributed by atoms with Gasteiger partial charge in [-0.2, -0.15) is 0 Å². The molecule has 1 fully saturated rings. The number of aryl methyl sites for hydroxylation is 2. The first-order valence-electron chi connectivity index (χ1n) is 8.31. The Balaban J connectivity index is 2.02. The molecular weight excluding hydrogens is 348 g/mol. The highest BCUT2D eigenvalue weighted by atomic mass is 32.2. The van der Waals surface area contributed by atoms with Crippen LogP contribution in [0.25, 0.3) is 0 Å². The van der Waals surface area contributed by atoms with E-state index < -0.39 is 0 Å². The van der Waals surface area contributed by atoms with E-state index in [1.54, 1.807) is 30.0 Å². The number of thioether (sulfide) groups is 1. The maximum absolute atomic E-state index is 13.1. The molecular formula is C19H22N4O2S. The van der Waals surface area contributed by atoms with Gasteiger partial charge in [-0.15, -0.1) is 0 Å². The van der Waals surface area contributed by atoms with E-state index in [2.05, 4.69) is 9.97 Å². The molecule has 0 spiro atoms. The quantitative estimate of drug-likeness (QED) is 0.823. The van der Waals surface area contributed by atoms with Crippen LogP contribution in [-0.2, 0) is 0 Å². The summed E-state index contributed by atoms with van der Waals surface area (Å²) in [6.07, 6.45) is 3.12. The van der Waals surface area contributed by atoms with Gasteiger partial charge in [-0.3, -0.25) is 14.7 Å². The van der Waals surface area contributed by atoms with E-state index in [0.717, 1.165) is 17.0 Å². The second-order valence-corrected chi connectivity index (χ2v) is 7.80. The zero-order valence-electron chi connectivity index (χ0n) is 15.6. The molecule has 0 atom stereocenters. The monoisotopic (exact) mass is 370 g/mol. The standard InChI is InChI=1S/C19H22N4O2S/c1-12-6-7-16(25-5)14(8-12)22-18-23(19(3,4)11-26-18)17(24)15-10-20-13(2)9-21-15/h6-10H,11H2,1-5H3. The summed E-state index contributed by atoms with van der Waals surface area (Å²) in [4.78, 5) is 28.0. The van der Waals surface area contributed by atoms with Gasteiger partial charge in [0.1, 0.15) is 17.1 Å². The van der Waals surface area contributed by atoms with Gasteiger partial charge in [0.2, 0.25) is 0 Å². The summed E-state index contributed by atoms with van der Waals surface area (Å²) in [6.45, 7) is 7.89. The van der Waals surface area contributed by atoms with Crippen molar-refractivity contribution in [3.05, 3.63) is 47.5 Å². The molecule has 6 nitrogen and oxygen atoms in total. The van der Waals surface area contributed by atoms with E-state index in [-0.39, 0.29) is 11.4 Å². The highest BCUT2D eigenvalue weighted by Gasteiger charge is 2.42. The number of amidine groups is 1. The van der Waals surface area contributed by atoms with E-state index in [4.69, 9.17) is 9.73 Å². The topological polar surface area (TPSA) is 67.7 Å². The van der Waals surface area contributed by atoms with Gasteiger partial charge in [0.25, 0.3) is 5.91 Å². The first-order chi connectivity index (χ1) is 12.3. The van der Waals surface area contributed by atoms with Crippen molar-refractivity contribution in [1.29, 1.82) is 0 Å². The Morgan fingerprint density at radius 3 is 2.69 bits per heavy atom. The molecule has 0 N–H and O–H groups in total.